The summed E-state index contributed by atoms with van der Waals surface area (Å²) < 4.78 is 5.65. The van der Waals surface area contributed by atoms with Crippen molar-refractivity contribution in [2.24, 2.45) is 10.8 Å². The van der Waals surface area contributed by atoms with Gasteiger partial charge in [0.15, 0.2) is 5.11 Å². The second kappa shape index (κ2) is 9.33. The number of hydrogen-bond acceptors (Lipinski definition) is 3. The lowest BCUT2D eigenvalue weighted by molar-refractivity contribution is 0.305. The maximum Gasteiger partial charge on any atom is 0.184 e. The molecule has 104 valence electrons. The monoisotopic (exact) mass is 279 g/mol. The second-order valence-electron chi connectivity index (χ2n) is 4.21. The van der Waals surface area contributed by atoms with Crippen LogP contribution >= 0.6 is 12.2 Å². The number of unbranched alkanes of at least 4 members (excludes halogenated alkanes) is 3. The molecule has 0 aliphatic rings. The van der Waals surface area contributed by atoms with Crippen LogP contribution in [0.5, 0.6) is 5.75 Å². The average molecular weight is 279 g/mol. The molecule has 1 aromatic rings. The lowest BCUT2D eigenvalue weighted by atomic mass is 10.2. The number of nitrogens with zero attached hydrogens (tertiary/aromatic N) is 1. The number of thiocarbonyl (C=S) groups is 1. The number of ether oxygens (including phenoxy) is 1. The van der Waals surface area contributed by atoms with Gasteiger partial charge in [-0.15, -0.1) is 0 Å². The van der Waals surface area contributed by atoms with E-state index in [1.165, 1.54) is 19.3 Å². The molecule has 1 rings (SSSR count). The largest absolute Gasteiger partial charge is 0.494 e. The molecule has 0 heterocycles. The van der Waals surface area contributed by atoms with Gasteiger partial charge >= 0.3 is 0 Å². The Hall–Kier alpha value is -1.62. The molecule has 0 bridgehead atoms. The molecule has 0 fully saturated rings. The fraction of sp³-hybridized carbons (Fsp3) is 0.429. The average Bonchev–Trinajstić information content (AvgIpc) is 2.40. The van der Waals surface area contributed by atoms with Gasteiger partial charge in [-0.3, -0.25) is 5.43 Å². The Bertz CT molecular complexity index is 404. The Balaban J connectivity index is 2.31. The Kier molecular flexibility index (Phi) is 7.58. The molecule has 0 amide bonds. The molecule has 0 saturated heterocycles. The SMILES string of the molecule is CCCCCCOc1ccc(C=NNC(N)=S)cc1. The Morgan fingerprint density at radius 1 is 1.32 bits per heavy atom. The number of rotatable bonds is 8. The van der Waals surface area contributed by atoms with Crippen molar-refractivity contribution in [1.82, 2.24) is 5.43 Å². The standard InChI is InChI=1S/C14H21N3OS/c1-2-3-4-5-10-18-13-8-6-12(7-9-13)11-16-17-14(15)19/h6-9,11H,2-5,10H2,1H3,(H3,15,17,19). The van der Waals surface area contributed by atoms with Gasteiger partial charge in [0.25, 0.3) is 0 Å². The summed E-state index contributed by atoms with van der Waals surface area (Å²) in [4.78, 5) is 0. The van der Waals surface area contributed by atoms with Gasteiger partial charge < -0.3 is 10.5 Å². The lowest BCUT2D eigenvalue weighted by Gasteiger charge is -2.05. The first-order valence-electron chi connectivity index (χ1n) is 6.53. The van der Waals surface area contributed by atoms with Crippen LogP contribution < -0.4 is 15.9 Å². The van der Waals surface area contributed by atoms with Crippen molar-refractivity contribution in [2.75, 3.05) is 6.61 Å². The predicted octanol–water partition coefficient (Wildman–Crippen LogP) is 2.81. The van der Waals surface area contributed by atoms with E-state index in [4.69, 9.17) is 10.5 Å². The van der Waals surface area contributed by atoms with E-state index in [9.17, 15) is 0 Å². The fourth-order valence-electron chi connectivity index (χ4n) is 1.54. The van der Waals surface area contributed by atoms with Crippen molar-refractivity contribution in [3.63, 3.8) is 0 Å². The van der Waals surface area contributed by atoms with Gasteiger partial charge in [-0.05, 0) is 48.5 Å². The van der Waals surface area contributed by atoms with E-state index in [1.54, 1.807) is 6.21 Å². The highest BCUT2D eigenvalue weighted by Gasteiger charge is 1.94. The summed E-state index contributed by atoms with van der Waals surface area (Å²) in [6.07, 6.45) is 6.51. The predicted molar refractivity (Wildman–Crippen MR) is 83.6 cm³/mol. The normalized spacial score (nSPS) is 10.6. The number of nitrogens with one attached hydrogen (secondary N) is 1. The molecule has 0 aliphatic carbocycles. The summed E-state index contributed by atoms with van der Waals surface area (Å²) in [6, 6.07) is 7.74. The summed E-state index contributed by atoms with van der Waals surface area (Å²) >= 11 is 4.64. The van der Waals surface area contributed by atoms with E-state index in [2.05, 4.69) is 29.7 Å². The quantitative estimate of drug-likeness (QED) is 0.332. The van der Waals surface area contributed by atoms with E-state index in [-0.39, 0.29) is 5.11 Å². The number of nitrogens with two attached hydrogens (primary N) is 1. The maximum atomic E-state index is 5.65. The second-order valence-corrected chi connectivity index (χ2v) is 4.65. The molecule has 5 heteroatoms. The molecule has 0 aromatic heterocycles. The van der Waals surface area contributed by atoms with Crippen LogP contribution in [0.15, 0.2) is 29.4 Å². The molecule has 0 unspecified atom stereocenters. The lowest BCUT2D eigenvalue weighted by Crippen LogP contribution is -2.23. The van der Waals surface area contributed by atoms with Crippen molar-refractivity contribution < 1.29 is 4.74 Å². The molecule has 0 radical (unpaired) electrons. The van der Waals surface area contributed by atoms with Crippen molar-refractivity contribution in [3.8, 4) is 5.75 Å². The molecule has 3 N–H and O–H groups in total. The zero-order chi connectivity index (χ0) is 13.9. The minimum atomic E-state index is 0.156. The highest BCUT2D eigenvalue weighted by molar-refractivity contribution is 7.80. The zero-order valence-electron chi connectivity index (χ0n) is 11.3. The van der Waals surface area contributed by atoms with Gasteiger partial charge in [-0.25, -0.2) is 0 Å². The molecule has 0 saturated carbocycles. The van der Waals surface area contributed by atoms with Gasteiger partial charge in [0.1, 0.15) is 5.75 Å². The molecule has 0 atom stereocenters. The van der Waals surface area contributed by atoms with Crippen molar-refractivity contribution >= 4 is 23.5 Å². The van der Waals surface area contributed by atoms with Crippen molar-refractivity contribution in [1.29, 1.82) is 0 Å². The van der Waals surface area contributed by atoms with Crippen LogP contribution in [0.25, 0.3) is 0 Å². The van der Waals surface area contributed by atoms with E-state index in [1.807, 2.05) is 24.3 Å². The first kappa shape index (κ1) is 15.4. The summed E-state index contributed by atoms with van der Waals surface area (Å²) in [5, 5.41) is 4.04. The fourth-order valence-corrected chi connectivity index (χ4v) is 1.59. The van der Waals surface area contributed by atoms with Crippen LogP contribution in [0, 0.1) is 0 Å². The molecule has 1 aromatic carbocycles. The maximum absolute atomic E-state index is 5.65. The van der Waals surface area contributed by atoms with Crippen LogP contribution in [0.4, 0.5) is 0 Å². The minimum absolute atomic E-state index is 0.156. The summed E-state index contributed by atoms with van der Waals surface area (Å²) in [6.45, 7) is 2.98. The van der Waals surface area contributed by atoms with Crippen LogP contribution in [-0.4, -0.2) is 17.9 Å². The van der Waals surface area contributed by atoms with Gasteiger partial charge in [-0.2, -0.15) is 5.10 Å². The molecular formula is C14H21N3OS. The van der Waals surface area contributed by atoms with Crippen LogP contribution in [0.1, 0.15) is 38.2 Å². The van der Waals surface area contributed by atoms with E-state index >= 15 is 0 Å². The zero-order valence-corrected chi connectivity index (χ0v) is 12.1. The molecule has 4 nitrogen and oxygen atoms in total. The van der Waals surface area contributed by atoms with Crippen LogP contribution in [-0.2, 0) is 0 Å². The molecule has 0 aliphatic heterocycles. The van der Waals surface area contributed by atoms with Gasteiger partial charge in [0.05, 0.1) is 12.8 Å². The summed E-state index contributed by atoms with van der Waals surface area (Å²) in [5.41, 5.74) is 8.73. The first-order valence-corrected chi connectivity index (χ1v) is 6.94. The molecule has 19 heavy (non-hydrogen) atoms. The van der Waals surface area contributed by atoms with E-state index < -0.39 is 0 Å². The Labute approximate surface area is 120 Å². The number of hydrogen-bond donors (Lipinski definition) is 2. The third-order valence-corrected chi connectivity index (χ3v) is 2.63. The molecule has 0 spiro atoms. The van der Waals surface area contributed by atoms with Gasteiger partial charge in [0, 0.05) is 0 Å². The van der Waals surface area contributed by atoms with E-state index in [0.717, 1.165) is 24.3 Å². The molecular weight excluding hydrogens is 258 g/mol. The third-order valence-electron chi connectivity index (χ3n) is 2.54. The van der Waals surface area contributed by atoms with Crippen molar-refractivity contribution in [3.05, 3.63) is 29.8 Å². The third kappa shape index (κ3) is 7.41. The van der Waals surface area contributed by atoms with Crippen LogP contribution in [0.2, 0.25) is 0 Å². The highest BCUT2D eigenvalue weighted by Crippen LogP contribution is 2.12. The topological polar surface area (TPSA) is 59.6 Å². The summed E-state index contributed by atoms with van der Waals surface area (Å²) in [5.74, 6) is 0.885. The smallest absolute Gasteiger partial charge is 0.184 e. The Morgan fingerprint density at radius 3 is 2.68 bits per heavy atom. The number of benzene rings is 1. The van der Waals surface area contributed by atoms with Crippen LogP contribution in [0.3, 0.4) is 0 Å². The van der Waals surface area contributed by atoms with Crippen molar-refractivity contribution in [2.45, 2.75) is 32.6 Å². The van der Waals surface area contributed by atoms with Gasteiger partial charge in [-0.1, -0.05) is 26.2 Å². The van der Waals surface area contributed by atoms with E-state index in [0.29, 0.717) is 0 Å². The minimum Gasteiger partial charge on any atom is -0.494 e. The Morgan fingerprint density at radius 2 is 2.05 bits per heavy atom. The van der Waals surface area contributed by atoms with Gasteiger partial charge in [0.2, 0.25) is 0 Å². The number of hydrazone groups is 1. The highest BCUT2D eigenvalue weighted by atomic mass is 32.1. The summed E-state index contributed by atoms with van der Waals surface area (Å²) in [7, 11) is 0. The first-order chi connectivity index (χ1) is 9.22.